The first-order chi connectivity index (χ1) is 6.70. The molecule has 1 unspecified atom stereocenters. The molecular formula is C10H18O4. The molecule has 1 atom stereocenters. The van der Waals surface area contributed by atoms with E-state index in [1.54, 1.807) is 13.2 Å². The molecule has 1 fully saturated rings. The first-order valence-corrected chi connectivity index (χ1v) is 4.63. The summed E-state index contributed by atoms with van der Waals surface area (Å²) in [6, 6.07) is 0. The Morgan fingerprint density at radius 3 is 2.21 bits per heavy atom. The van der Waals surface area contributed by atoms with E-state index in [1.807, 2.05) is 0 Å². The monoisotopic (exact) mass is 202 g/mol. The van der Waals surface area contributed by atoms with E-state index in [9.17, 15) is 0 Å². The van der Waals surface area contributed by atoms with Crippen LogP contribution in [0.4, 0.5) is 0 Å². The lowest BCUT2D eigenvalue weighted by Gasteiger charge is -2.47. The molecule has 82 valence electrons. The summed E-state index contributed by atoms with van der Waals surface area (Å²) in [5, 5.41) is 0. The number of ether oxygens (including phenoxy) is 4. The van der Waals surface area contributed by atoms with Crippen molar-refractivity contribution in [2.45, 2.75) is 24.4 Å². The van der Waals surface area contributed by atoms with Crippen LogP contribution in [0.2, 0.25) is 0 Å². The third kappa shape index (κ3) is 1.48. The Morgan fingerprint density at radius 2 is 1.86 bits per heavy atom. The first kappa shape index (κ1) is 11.7. The molecule has 4 heteroatoms. The second kappa shape index (κ2) is 4.40. The Hall–Kier alpha value is -0.420. The molecule has 0 bridgehead atoms. The molecule has 0 N–H and O–H groups in total. The Bertz CT molecular complexity index is 200. The summed E-state index contributed by atoms with van der Waals surface area (Å²) >= 11 is 0. The Kier molecular flexibility index (Phi) is 3.66. The zero-order chi connectivity index (χ0) is 10.7. The lowest BCUT2D eigenvalue weighted by Crippen LogP contribution is -2.61. The molecule has 1 aliphatic rings. The minimum Gasteiger partial charge on any atom is -0.366 e. The molecule has 1 aliphatic heterocycles. The van der Waals surface area contributed by atoms with Gasteiger partial charge >= 0.3 is 5.97 Å². The van der Waals surface area contributed by atoms with Crippen LogP contribution in [0.25, 0.3) is 0 Å². The second-order valence-electron chi connectivity index (χ2n) is 3.21. The van der Waals surface area contributed by atoms with Gasteiger partial charge in [-0.3, -0.25) is 0 Å². The largest absolute Gasteiger partial charge is 0.366 e. The van der Waals surface area contributed by atoms with E-state index in [0.29, 0.717) is 6.61 Å². The van der Waals surface area contributed by atoms with Gasteiger partial charge in [0.25, 0.3) is 0 Å². The van der Waals surface area contributed by atoms with Gasteiger partial charge in [-0.25, -0.2) is 0 Å². The predicted octanol–water partition coefficient (Wildman–Crippen LogP) is 1.31. The Morgan fingerprint density at radius 1 is 1.21 bits per heavy atom. The summed E-state index contributed by atoms with van der Waals surface area (Å²) < 4.78 is 21.5. The zero-order valence-corrected chi connectivity index (χ0v) is 9.04. The van der Waals surface area contributed by atoms with Gasteiger partial charge in [-0.1, -0.05) is 12.7 Å². The molecule has 1 saturated heterocycles. The molecule has 0 spiro atoms. The van der Waals surface area contributed by atoms with Crippen molar-refractivity contribution >= 4 is 0 Å². The van der Waals surface area contributed by atoms with E-state index in [0.717, 1.165) is 12.8 Å². The molecule has 0 aliphatic carbocycles. The van der Waals surface area contributed by atoms with Crippen LogP contribution < -0.4 is 0 Å². The van der Waals surface area contributed by atoms with Crippen molar-refractivity contribution in [3.63, 3.8) is 0 Å². The van der Waals surface area contributed by atoms with E-state index in [4.69, 9.17) is 18.9 Å². The number of rotatable bonds is 4. The molecule has 14 heavy (non-hydrogen) atoms. The van der Waals surface area contributed by atoms with Gasteiger partial charge in [0.1, 0.15) is 0 Å². The molecule has 0 amide bonds. The molecular weight excluding hydrogens is 184 g/mol. The third-order valence-electron chi connectivity index (χ3n) is 2.73. The van der Waals surface area contributed by atoms with Crippen LogP contribution in [0, 0.1) is 0 Å². The average Bonchev–Trinajstić information content (AvgIpc) is 2.28. The number of hydrogen-bond donors (Lipinski definition) is 0. The van der Waals surface area contributed by atoms with Crippen LogP contribution in [0.5, 0.6) is 0 Å². The lowest BCUT2D eigenvalue weighted by molar-refractivity contribution is -0.432. The molecule has 0 aromatic carbocycles. The smallest absolute Gasteiger partial charge is 0.317 e. The fraction of sp³-hybridized carbons (Fsp3) is 0.800. The van der Waals surface area contributed by atoms with E-state index in [-0.39, 0.29) is 0 Å². The molecule has 1 rings (SSSR count). The second-order valence-corrected chi connectivity index (χ2v) is 3.21. The maximum absolute atomic E-state index is 5.52. The van der Waals surface area contributed by atoms with Crippen LogP contribution in [0.3, 0.4) is 0 Å². The fourth-order valence-corrected chi connectivity index (χ4v) is 1.90. The van der Waals surface area contributed by atoms with Gasteiger partial charge < -0.3 is 18.9 Å². The highest BCUT2D eigenvalue weighted by Crippen LogP contribution is 2.39. The van der Waals surface area contributed by atoms with Crippen molar-refractivity contribution in [1.82, 2.24) is 0 Å². The fourth-order valence-electron chi connectivity index (χ4n) is 1.90. The summed E-state index contributed by atoms with van der Waals surface area (Å²) in [4.78, 5) is 0. The topological polar surface area (TPSA) is 36.9 Å². The predicted molar refractivity (Wildman–Crippen MR) is 51.9 cm³/mol. The van der Waals surface area contributed by atoms with Gasteiger partial charge in [-0.05, 0) is 12.8 Å². The van der Waals surface area contributed by atoms with Crippen LogP contribution in [-0.2, 0) is 18.9 Å². The summed E-state index contributed by atoms with van der Waals surface area (Å²) in [6.45, 7) is 4.35. The van der Waals surface area contributed by atoms with Gasteiger partial charge in [0, 0.05) is 21.3 Å². The number of methoxy groups -OCH3 is 3. The van der Waals surface area contributed by atoms with Crippen molar-refractivity contribution in [2.24, 2.45) is 0 Å². The van der Waals surface area contributed by atoms with E-state index < -0.39 is 11.6 Å². The van der Waals surface area contributed by atoms with Crippen LogP contribution in [-0.4, -0.2) is 39.5 Å². The van der Waals surface area contributed by atoms with Crippen molar-refractivity contribution in [1.29, 1.82) is 0 Å². The minimum absolute atomic E-state index is 0.598. The van der Waals surface area contributed by atoms with Crippen LogP contribution in [0.15, 0.2) is 12.7 Å². The highest BCUT2D eigenvalue weighted by Gasteiger charge is 2.55. The zero-order valence-electron chi connectivity index (χ0n) is 9.04. The normalized spacial score (nSPS) is 31.4. The standard InChI is InChI=1S/C10H18O4/c1-5-9(11-2)7-6-8-14-10(9,12-3)13-4/h5H,1,6-8H2,2-4H3. The van der Waals surface area contributed by atoms with Crippen molar-refractivity contribution in [3.8, 4) is 0 Å². The average molecular weight is 202 g/mol. The summed E-state index contributed by atoms with van der Waals surface area (Å²) in [5.41, 5.74) is -0.727. The van der Waals surface area contributed by atoms with Gasteiger partial charge in [0.15, 0.2) is 5.60 Å². The number of hydrogen-bond acceptors (Lipinski definition) is 4. The Balaban J connectivity index is 3.02. The molecule has 1 heterocycles. The summed E-state index contributed by atoms with van der Waals surface area (Å²) in [7, 11) is 4.67. The molecule has 0 radical (unpaired) electrons. The first-order valence-electron chi connectivity index (χ1n) is 4.63. The molecule has 0 aromatic rings. The van der Waals surface area contributed by atoms with Crippen molar-refractivity contribution < 1.29 is 18.9 Å². The summed E-state index contributed by atoms with van der Waals surface area (Å²) in [6.07, 6.45) is 3.35. The van der Waals surface area contributed by atoms with Crippen molar-refractivity contribution in [3.05, 3.63) is 12.7 Å². The third-order valence-corrected chi connectivity index (χ3v) is 2.73. The van der Waals surface area contributed by atoms with Gasteiger partial charge in [-0.2, -0.15) is 0 Å². The highest BCUT2D eigenvalue weighted by atomic mass is 16.9. The van der Waals surface area contributed by atoms with E-state index >= 15 is 0 Å². The highest BCUT2D eigenvalue weighted by molar-refractivity contribution is 5.06. The molecule has 4 nitrogen and oxygen atoms in total. The van der Waals surface area contributed by atoms with Crippen LogP contribution >= 0.6 is 0 Å². The SMILES string of the molecule is C=CC1(OC)CCCOC1(OC)OC. The molecule has 0 saturated carbocycles. The van der Waals surface area contributed by atoms with E-state index in [2.05, 4.69) is 6.58 Å². The van der Waals surface area contributed by atoms with E-state index in [1.165, 1.54) is 14.2 Å². The van der Waals surface area contributed by atoms with Gasteiger partial charge in [0.2, 0.25) is 0 Å². The van der Waals surface area contributed by atoms with Gasteiger partial charge in [0.05, 0.1) is 6.61 Å². The molecule has 0 aromatic heterocycles. The van der Waals surface area contributed by atoms with Crippen LogP contribution in [0.1, 0.15) is 12.8 Å². The quantitative estimate of drug-likeness (QED) is 0.509. The Labute approximate surface area is 84.8 Å². The maximum atomic E-state index is 5.52. The lowest BCUT2D eigenvalue weighted by atomic mass is 9.92. The van der Waals surface area contributed by atoms with Crippen molar-refractivity contribution in [2.75, 3.05) is 27.9 Å². The minimum atomic E-state index is -1.16. The summed E-state index contributed by atoms with van der Waals surface area (Å²) in [5.74, 6) is -1.16. The maximum Gasteiger partial charge on any atom is 0.317 e. The van der Waals surface area contributed by atoms with Gasteiger partial charge in [-0.15, -0.1) is 0 Å².